The molecule has 0 aliphatic carbocycles. The maximum Gasteiger partial charge on any atom is 0.150 e. The van der Waals surface area contributed by atoms with Crippen molar-refractivity contribution in [2.75, 3.05) is 36.8 Å². The predicted octanol–water partition coefficient (Wildman–Crippen LogP) is 1.23. The molecule has 5 heteroatoms. The molecule has 0 saturated carbocycles. The van der Waals surface area contributed by atoms with Gasteiger partial charge in [0.15, 0.2) is 0 Å². The highest BCUT2D eigenvalue weighted by molar-refractivity contribution is 5.66. The summed E-state index contributed by atoms with van der Waals surface area (Å²) >= 11 is 0. The first-order valence-corrected chi connectivity index (χ1v) is 6.60. The minimum Gasteiger partial charge on any atom is -0.394 e. The molecule has 0 unspecified atom stereocenters. The normalized spacial score (nSPS) is 18.4. The van der Waals surface area contributed by atoms with Crippen molar-refractivity contribution in [3.05, 3.63) is 5.69 Å². The second kappa shape index (κ2) is 4.46. The number of hydrogen-bond acceptors (Lipinski definition) is 4. The third-order valence-electron chi connectivity index (χ3n) is 3.77. The second-order valence-electron chi connectivity index (χ2n) is 6.09. The molecule has 1 saturated heterocycles. The van der Waals surface area contributed by atoms with Crippen molar-refractivity contribution in [3.8, 4) is 0 Å². The SMILES string of the molecule is Cc1nn(C)c(N2CCN(C(C)(C)C)CC2)c1N. The zero-order valence-electron chi connectivity index (χ0n) is 12.2. The molecule has 2 rings (SSSR count). The van der Waals surface area contributed by atoms with Crippen molar-refractivity contribution >= 4 is 11.5 Å². The van der Waals surface area contributed by atoms with E-state index in [0.29, 0.717) is 0 Å². The van der Waals surface area contributed by atoms with E-state index in [-0.39, 0.29) is 5.54 Å². The van der Waals surface area contributed by atoms with Crippen LogP contribution in [0.5, 0.6) is 0 Å². The Morgan fingerprint density at radius 1 is 1.11 bits per heavy atom. The van der Waals surface area contributed by atoms with E-state index in [2.05, 4.69) is 35.7 Å². The van der Waals surface area contributed by atoms with E-state index in [0.717, 1.165) is 43.4 Å². The number of rotatable bonds is 1. The van der Waals surface area contributed by atoms with E-state index in [9.17, 15) is 0 Å². The van der Waals surface area contributed by atoms with Gasteiger partial charge >= 0.3 is 0 Å². The van der Waals surface area contributed by atoms with Crippen molar-refractivity contribution in [1.82, 2.24) is 14.7 Å². The van der Waals surface area contributed by atoms with Gasteiger partial charge in [0.05, 0.1) is 11.4 Å². The zero-order valence-corrected chi connectivity index (χ0v) is 12.2. The van der Waals surface area contributed by atoms with Crippen molar-refractivity contribution in [3.63, 3.8) is 0 Å². The molecule has 5 nitrogen and oxygen atoms in total. The molecule has 1 aliphatic rings. The van der Waals surface area contributed by atoms with Gasteiger partial charge in [0.25, 0.3) is 0 Å². The highest BCUT2D eigenvalue weighted by Crippen LogP contribution is 2.27. The van der Waals surface area contributed by atoms with Crippen LogP contribution in [0.2, 0.25) is 0 Å². The van der Waals surface area contributed by atoms with Gasteiger partial charge in [-0.15, -0.1) is 0 Å². The van der Waals surface area contributed by atoms with E-state index in [1.807, 2.05) is 18.7 Å². The summed E-state index contributed by atoms with van der Waals surface area (Å²) in [6, 6.07) is 0. The summed E-state index contributed by atoms with van der Waals surface area (Å²) in [6.45, 7) is 13.0. The van der Waals surface area contributed by atoms with Crippen LogP contribution in [-0.4, -0.2) is 46.4 Å². The summed E-state index contributed by atoms with van der Waals surface area (Å²) in [7, 11) is 1.97. The van der Waals surface area contributed by atoms with Crippen molar-refractivity contribution in [2.24, 2.45) is 7.05 Å². The van der Waals surface area contributed by atoms with Gasteiger partial charge in [0, 0.05) is 38.8 Å². The highest BCUT2D eigenvalue weighted by Gasteiger charge is 2.28. The summed E-state index contributed by atoms with van der Waals surface area (Å²) in [6.07, 6.45) is 0. The van der Waals surface area contributed by atoms with Crippen LogP contribution in [0, 0.1) is 6.92 Å². The van der Waals surface area contributed by atoms with Crippen LogP contribution in [-0.2, 0) is 7.05 Å². The molecule has 18 heavy (non-hydrogen) atoms. The average Bonchev–Trinajstić information content (AvgIpc) is 2.52. The van der Waals surface area contributed by atoms with Gasteiger partial charge in [-0.25, -0.2) is 0 Å². The van der Waals surface area contributed by atoms with Crippen molar-refractivity contribution < 1.29 is 0 Å². The Kier molecular flexibility index (Phi) is 3.27. The summed E-state index contributed by atoms with van der Waals surface area (Å²) in [5.74, 6) is 1.07. The van der Waals surface area contributed by atoms with Gasteiger partial charge in [-0.2, -0.15) is 5.10 Å². The van der Waals surface area contributed by atoms with Crippen LogP contribution in [0.4, 0.5) is 11.5 Å². The Balaban J connectivity index is 2.10. The number of aromatic nitrogens is 2. The van der Waals surface area contributed by atoms with Crippen molar-refractivity contribution in [1.29, 1.82) is 0 Å². The molecule has 2 heterocycles. The zero-order chi connectivity index (χ0) is 13.5. The van der Waals surface area contributed by atoms with E-state index in [1.165, 1.54) is 0 Å². The fourth-order valence-corrected chi connectivity index (χ4v) is 2.63. The summed E-state index contributed by atoms with van der Waals surface area (Å²) in [5, 5.41) is 4.39. The molecule has 0 bridgehead atoms. The lowest BCUT2D eigenvalue weighted by molar-refractivity contribution is 0.128. The maximum atomic E-state index is 6.12. The third-order valence-corrected chi connectivity index (χ3v) is 3.77. The maximum absolute atomic E-state index is 6.12. The number of nitrogens with two attached hydrogens (primary N) is 1. The van der Waals surface area contributed by atoms with E-state index >= 15 is 0 Å². The average molecular weight is 251 g/mol. The van der Waals surface area contributed by atoms with E-state index in [4.69, 9.17) is 5.73 Å². The molecule has 0 atom stereocenters. The van der Waals surface area contributed by atoms with E-state index < -0.39 is 0 Å². The van der Waals surface area contributed by atoms with Crippen molar-refractivity contribution in [2.45, 2.75) is 33.2 Å². The van der Waals surface area contributed by atoms with Gasteiger partial charge in [0.1, 0.15) is 5.82 Å². The summed E-state index contributed by atoms with van der Waals surface area (Å²) < 4.78 is 1.90. The molecule has 0 radical (unpaired) electrons. The number of aryl methyl sites for hydroxylation is 2. The molecule has 2 N–H and O–H groups in total. The van der Waals surface area contributed by atoms with Crippen LogP contribution in [0.3, 0.4) is 0 Å². The minimum atomic E-state index is 0.250. The van der Waals surface area contributed by atoms with Gasteiger partial charge < -0.3 is 10.6 Å². The van der Waals surface area contributed by atoms with Gasteiger partial charge in [0.2, 0.25) is 0 Å². The molecule has 0 spiro atoms. The smallest absolute Gasteiger partial charge is 0.150 e. The quantitative estimate of drug-likeness (QED) is 0.815. The number of anilines is 2. The molecular weight excluding hydrogens is 226 g/mol. The fourth-order valence-electron chi connectivity index (χ4n) is 2.63. The van der Waals surface area contributed by atoms with Gasteiger partial charge in [-0.3, -0.25) is 9.58 Å². The van der Waals surface area contributed by atoms with Crippen LogP contribution >= 0.6 is 0 Å². The van der Waals surface area contributed by atoms with Gasteiger partial charge in [-0.1, -0.05) is 0 Å². The summed E-state index contributed by atoms with van der Waals surface area (Å²) in [5.41, 5.74) is 8.11. The molecule has 0 amide bonds. The molecule has 102 valence electrons. The number of nitrogens with zero attached hydrogens (tertiary/aromatic N) is 4. The second-order valence-corrected chi connectivity index (χ2v) is 6.09. The Labute approximate surface area is 110 Å². The highest BCUT2D eigenvalue weighted by atomic mass is 15.4. The first kappa shape index (κ1) is 13.2. The molecule has 1 fully saturated rings. The molecule has 1 aromatic rings. The monoisotopic (exact) mass is 251 g/mol. The first-order chi connectivity index (χ1) is 8.30. The van der Waals surface area contributed by atoms with Crippen LogP contribution in [0.1, 0.15) is 26.5 Å². The first-order valence-electron chi connectivity index (χ1n) is 6.60. The fraction of sp³-hybridized carbons (Fsp3) is 0.769. The Morgan fingerprint density at radius 2 is 1.67 bits per heavy atom. The lowest BCUT2D eigenvalue weighted by atomic mass is 10.0. The summed E-state index contributed by atoms with van der Waals surface area (Å²) in [4.78, 5) is 4.86. The Hall–Kier alpha value is -1.23. The van der Waals surface area contributed by atoms with Crippen LogP contribution < -0.4 is 10.6 Å². The van der Waals surface area contributed by atoms with Crippen LogP contribution in [0.25, 0.3) is 0 Å². The van der Waals surface area contributed by atoms with Gasteiger partial charge in [-0.05, 0) is 27.7 Å². The third kappa shape index (κ3) is 2.32. The molecular formula is C13H25N5. The number of hydrogen-bond donors (Lipinski definition) is 1. The predicted molar refractivity (Wildman–Crippen MR) is 75.9 cm³/mol. The molecule has 0 aromatic carbocycles. The molecule has 1 aromatic heterocycles. The number of nitrogen functional groups attached to an aromatic ring is 1. The van der Waals surface area contributed by atoms with Crippen LogP contribution in [0.15, 0.2) is 0 Å². The lowest BCUT2D eigenvalue weighted by Gasteiger charge is -2.42. The minimum absolute atomic E-state index is 0.250. The standard InChI is InChI=1S/C13H25N5/c1-10-11(14)12(16(5)15-10)17-6-8-18(9-7-17)13(2,3)4/h6-9,14H2,1-5H3. The van der Waals surface area contributed by atoms with E-state index in [1.54, 1.807) is 0 Å². The Morgan fingerprint density at radius 3 is 2.06 bits per heavy atom. The largest absolute Gasteiger partial charge is 0.394 e. The topological polar surface area (TPSA) is 50.3 Å². The number of piperazine rings is 1. The lowest BCUT2D eigenvalue weighted by Crippen LogP contribution is -2.53. The molecule has 1 aliphatic heterocycles. The Bertz CT molecular complexity index is 421.